The van der Waals surface area contributed by atoms with Crippen molar-refractivity contribution in [3.05, 3.63) is 39.4 Å². The second kappa shape index (κ2) is 7.17. The molecule has 2 aliphatic carbocycles. The number of carboxylic acid groups (broad SMARTS) is 1. The van der Waals surface area contributed by atoms with Crippen molar-refractivity contribution in [1.29, 1.82) is 0 Å². The van der Waals surface area contributed by atoms with Gasteiger partial charge in [0.1, 0.15) is 5.82 Å². The van der Waals surface area contributed by atoms with Crippen LogP contribution >= 0.6 is 12.4 Å². The zero-order valence-electron chi connectivity index (χ0n) is 15.9. The maximum atomic E-state index is 15.2. The molecule has 3 aliphatic rings. The van der Waals surface area contributed by atoms with Crippen molar-refractivity contribution in [2.45, 2.75) is 25.3 Å². The number of hydrogen-bond acceptors (Lipinski definition) is 6. The number of anilines is 1. The first kappa shape index (κ1) is 20.5. The van der Waals surface area contributed by atoms with Crippen LogP contribution in [0, 0.1) is 17.7 Å². The molecule has 2 aromatic rings. The van der Waals surface area contributed by atoms with Gasteiger partial charge >= 0.3 is 6.16 Å². The molecule has 1 aromatic carbocycles. The van der Waals surface area contributed by atoms with Crippen LogP contribution in [0.3, 0.4) is 0 Å². The highest BCUT2D eigenvalue weighted by atomic mass is 35.5. The number of rotatable bonds is 2. The number of nitrogens with one attached hydrogen (secondary N) is 1. The van der Waals surface area contributed by atoms with Gasteiger partial charge in [0.05, 0.1) is 5.69 Å². The molecule has 2 fully saturated rings. The number of H-pyrrole nitrogens is 1. The lowest BCUT2D eigenvalue weighted by Gasteiger charge is -2.23. The number of halogens is 2. The molecule has 0 unspecified atom stereocenters. The van der Waals surface area contributed by atoms with Gasteiger partial charge in [-0.3, -0.25) is 4.79 Å². The molecule has 1 aliphatic heterocycles. The number of piperidine rings is 1. The van der Waals surface area contributed by atoms with Crippen molar-refractivity contribution in [3.63, 3.8) is 0 Å². The molecule has 30 heavy (non-hydrogen) atoms. The molecule has 1 saturated heterocycles. The van der Waals surface area contributed by atoms with Crippen LogP contribution in [0.1, 0.15) is 17.5 Å². The van der Waals surface area contributed by atoms with Gasteiger partial charge in [-0.15, -0.1) is 12.4 Å². The molecule has 3 atom stereocenters. The second-order valence-electron chi connectivity index (χ2n) is 7.98. The lowest BCUT2D eigenvalue weighted by atomic mass is 9.99. The smallest absolute Gasteiger partial charge is 0.504 e. The van der Waals surface area contributed by atoms with E-state index in [9.17, 15) is 14.7 Å². The number of pyridine rings is 1. The molecule has 8 nitrogen and oxygen atoms in total. The summed E-state index contributed by atoms with van der Waals surface area (Å²) < 4.78 is 19.6. The van der Waals surface area contributed by atoms with Crippen LogP contribution in [0.25, 0.3) is 11.3 Å². The van der Waals surface area contributed by atoms with Crippen molar-refractivity contribution in [2.75, 3.05) is 18.0 Å². The average molecular weight is 438 g/mol. The first-order valence-corrected chi connectivity index (χ1v) is 9.57. The van der Waals surface area contributed by atoms with Crippen LogP contribution in [-0.2, 0) is 12.8 Å². The van der Waals surface area contributed by atoms with Gasteiger partial charge in [-0.25, -0.2) is 9.18 Å². The molecule has 0 spiro atoms. The Morgan fingerprint density at radius 3 is 2.63 bits per heavy atom. The Balaban J connectivity index is 0.00000218. The fourth-order valence-electron chi connectivity index (χ4n) is 4.79. The van der Waals surface area contributed by atoms with Gasteiger partial charge in [-0.05, 0) is 48.8 Å². The minimum absolute atomic E-state index is 0. The summed E-state index contributed by atoms with van der Waals surface area (Å²) in [6, 6.07) is 3.63. The number of aryl methyl sites for hydroxylation is 1. The molecule has 0 radical (unpaired) electrons. The van der Waals surface area contributed by atoms with Gasteiger partial charge in [0, 0.05) is 35.9 Å². The van der Waals surface area contributed by atoms with E-state index in [1.54, 1.807) is 0 Å². The number of ether oxygens (including phenoxy) is 1. The first-order valence-electron chi connectivity index (χ1n) is 9.57. The van der Waals surface area contributed by atoms with Crippen molar-refractivity contribution in [3.8, 4) is 22.8 Å². The van der Waals surface area contributed by atoms with Crippen molar-refractivity contribution in [2.24, 2.45) is 17.6 Å². The molecule has 0 bridgehead atoms. The Kier molecular flexibility index (Phi) is 4.90. The Bertz CT molecular complexity index is 1090. The van der Waals surface area contributed by atoms with E-state index in [1.807, 2.05) is 6.07 Å². The van der Waals surface area contributed by atoms with E-state index in [0.29, 0.717) is 31.1 Å². The zero-order valence-corrected chi connectivity index (χ0v) is 16.7. The Morgan fingerprint density at radius 2 is 1.97 bits per heavy atom. The van der Waals surface area contributed by atoms with E-state index in [1.165, 1.54) is 6.07 Å². The van der Waals surface area contributed by atoms with Gasteiger partial charge in [-0.2, -0.15) is 0 Å². The number of aromatic nitrogens is 1. The second-order valence-corrected chi connectivity index (χ2v) is 7.98. The topological polar surface area (TPSA) is 129 Å². The van der Waals surface area contributed by atoms with Crippen LogP contribution in [0.4, 0.5) is 14.9 Å². The third-order valence-corrected chi connectivity index (χ3v) is 6.34. The van der Waals surface area contributed by atoms with E-state index in [-0.39, 0.29) is 35.3 Å². The number of benzene rings is 1. The number of hydrogen-bond donors (Lipinski definition) is 4. The summed E-state index contributed by atoms with van der Waals surface area (Å²) >= 11 is 0. The van der Waals surface area contributed by atoms with Crippen LogP contribution in [0.5, 0.6) is 11.5 Å². The molecular formula is C20H21ClFN3O5. The van der Waals surface area contributed by atoms with E-state index in [0.717, 1.165) is 24.3 Å². The van der Waals surface area contributed by atoms with Crippen molar-refractivity contribution < 1.29 is 24.1 Å². The number of nitrogens with two attached hydrogens (primary N) is 1. The maximum absolute atomic E-state index is 15.2. The zero-order chi connectivity index (χ0) is 20.4. The summed E-state index contributed by atoms with van der Waals surface area (Å²) in [7, 11) is 0. The molecule has 1 aromatic heterocycles. The number of carbonyl (C=O) groups is 1. The highest BCUT2D eigenvalue weighted by Crippen LogP contribution is 2.46. The SMILES string of the molecule is Cl.N[C@@H]1[C@H]2CN(c3cc(F)c4c(c3)CCCc3c-4[nH]c(=O)c(OC(=O)O)c3O)C[C@@H]12. The Labute approximate surface area is 176 Å². The van der Waals surface area contributed by atoms with E-state index >= 15 is 4.39 Å². The average Bonchev–Trinajstić information content (AvgIpc) is 3.09. The fourth-order valence-corrected chi connectivity index (χ4v) is 4.79. The molecule has 0 amide bonds. The molecular weight excluding hydrogens is 417 g/mol. The summed E-state index contributed by atoms with van der Waals surface area (Å²) in [4.78, 5) is 27.7. The summed E-state index contributed by atoms with van der Waals surface area (Å²) in [5, 5.41) is 19.2. The Hall–Kier alpha value is -2.78. The van der Waals surface area contributed by atoms with Gasteiger partial charge in [0.25, 0.3) is 5.56 Å². The first-order chi connectivity index (χ1) is 13.8. The predicted octanol–water partition coefficient (Wildman–Crippen LogP) is 2.25. The highest BCUT2D eigenvalue weighted by Gasteiger charge is 2.53. The molecule has 2 heterocycles. The molecule has 5 rings (SSSR count). The lowest BCUT2D eigenvalue weighted by molar-refractivity contribution is 0.142. The van der Waals surface area contributed by atoms with E-state index < -0.39 is 29.0 Å². The lowest BCUT2D eigenvalue weighted by Crippen LogP contribution is -2.28. The third-order valence-electron chi connectivity index (χ3n) is 6.34. The number of aromatic amines is 1. The van der Waals surface area contributed by atoms with Crippen molar-refractivity contribution >= 4 is 24.2 Å². The Morgan fingerprint density at radius 1 is 1.27 bits per heavy atom. The molecule has 160 valence electrons. The number of aromatic hydroxyl groups is 1. The maximum Gasteiger partial charge on any atom is 0.511 e. The minimum Gasteiger partial charge on any atom is -0.504 e. The predicted molar refractivity (Wildman–Crippen MR) is 109 cm³/mol. The summed E-state index contributed by atoms with van der Waals surface area (Å²) in [5.41, 5.74) is 7.29. The van der Waals surface area contributed by atoms with Crippen molar-refractivity contribution in [1.82, 2.24) is 4.98 Å². The van der Waals surface area contributed by atoms with Gasteiger partial charge in [0.15, 0.2) is 5.75 Å². The number of fused-ring (bicyclic) bond motifs is 4. The normalized spacial score (nSPS) is 23.5. The van der Waals surface area contributed by atoms with E-state index in [2.05, 4.69) is 14.6 Å². The summed E-state index contributed by atoms with van der Waals surface area (Å²) in [6.45, 7) is 1.63. The quantitative estimate of drug-likeness (QED) is 0.530. The molecule has 10 heteroatoms. The molecule has 1 saturated carbocycles. The fraction of sp³-hybridized carbons (Fsp3) is 0.400. The summed E-state index contributed by atoms with van der Waals surface area (Å²) in [5.74, 6) is -0.801. The molecule has 5 N–H and O–H groups in total. The van der Waals surface area contributed by atoms with E-state index in [4.69, 9.17) is 10.8 Å². The van der Waals surface area contributed by atoms with Crippen LogP contribution in [0.15, 0.2) is 16.9 Å². The van der Waals surface area contributed by atoms with Crippen LogP contribution in [-0.4, -0.2) is 40.5 Å². The highest BCUT2D eigenvalue weighted by molar-refractivity contribution is 5.85. The standard InChI is InChI=1S/C20H20FN3O5.ClH/c21-13-5-9(24-6-11-12(7-24)15(11)22)4-8-2-1-3-10-16(14(8)13)23-19(26)18(17(10)25)29-20(27)28;/h4-5,11-12,15H,1-3,6-7,22H2,(H,27,28)(H2,23,25,26);1H/t11-,12+,15+;. The largest absolute Gasteiger partial charge is 0.511 e. The van der Waals surface area contributed by atoms with Gasteiger partial charge in [-0.1, -0.05) is 0 Å². The monoisotopic (exact) mass is 437 g/mol. The van der Waals surface area contributed by atoms with Gasteiger partial charge < -0.3 is 30.6 Å². The third kappa shape index (κ3) is 3.09. The minimum atomic E-state index is -1.71. The van der Waals surface area contributed by atoms with Crippen LogP contribution < -0.4 is 20.9 Å². The van der Waals surface area contributed by atoms with Gasteiger partial charge in [0.2, 0.25) is 5.75 Å². The van der Waals surface area contributed by atoms with Crippen LogP contribution in [0.2, 0.25) is 0 Å². The summed E-state index contributed by atoms with van der Waals surface area (Å²) in [6.07, 6.45) is -0.199. The number of nitrogens with zero attached hydrogens (tertiary/aromatic N) is 1.